The lowest BCUT2D eigenvalue weighted by atomic mass is 10.2. The van der Waals surface area contributed by atoms with E-state index in [9.17, 15) is 0 Å². The highest BCUT2D eigenvalue weighted by Crippen LogP contribution is 2.10. The number of hydrogen-bond donors (Lipinski definition) is 1. The van der Waals surface area contributed by atoms with Crippen molar-refractivity contribution in [1.82, 2.24) is 9.55 Å². The van der Waals surface area contributed by atoms with Gasteiger partial charge in [-0.05, 0) is 5.92 Å². The molecule has 0 unspecified atom stereocenters. The maximum Gasteiger partial charge on any atom is 0.0950 e. The summed E-state index contributed by atoms with van der Waals surface area (Å²) in [6.07, 6.45) is 3.92. The lowest BCUT2D eigenvalue weighted by Crippen LogP contribution is -2.13. The van der Waals surface area contributed by atoms with E-state index >= 15 is 0 Å². The number of nitrogens with zero attached hydrogens (tertiary/aromatic N) is 2. The summed E-state index contributed by atoms with van der Waals surface area (Å²) < 4.78 is 12.7. The van der Waals surface area contributed by atoms with Crippen molar-refractivity contribution >= 4 is 0 Å². The van der Waals surface area contributed by atoms with Crippen LogP contribution in [0.4, 0.5) is 0 Å². The summed E-state index contributed by atoms with van der Waals surface area (Å²) in [4.78, 5) is 4.32. The highest BCUT2D eigenvalue weighted by molar-refractivity contribution is 5.01. The Labute approximate surface area is 103 Å². The molecule has 98 valence electrons. The summed E-state index contributed by atoms with van der Waals surface area (Å²) in [5.41, 5.74) is 6.42. The van der Waals surface area contributed by atoms with E-state index in [1.165, 1.54) is 0 Å². The summed E-state index contributed by atoms with van der Waals surface area (Å²) in [6.45, 7) is 8.17. The van der Waals surface area contributed by atoms with Crippen molar-refractivity contribution in [3.05, 3.63) is 18.2 Å². The van der Waals surface area contributed by atoms with Crippen LogP contribution in [0.25, 0.3) is 0 Å². The number of hydrogen-bond acceptors (Lipinski definition) is 4. The third-order valence-corrected chi connectivity index (χ3v) is 2.37. The van der Waals surface area contributed by atoms with Gasteiger partial charge in [0.2, 0.25) is 0 Å². The smallest absolute Gasteiger partial charge is 0.0950 e. The Morgan fingerprint density at radius 2 is 1.94 bits per heavy atom. The second-order valence-electron chi connectivity index (χ2n) is 4.20. The number of ether oxygens (including phenoxy) is 2. The summed E-state index contributed by atoms with van der Waals surface area (Å²) >= 11 is 0. The van der Waals surface area contributed by atoms with Gasteiger partial charge in [0.05, 0.1) is 38.4 Å². The molecule has 0 aliphatic carbocycles. The van der Waals surface area contributed by atoms with Gasteiger partial charge in [-0.3, -0.25) is 0 Å². The molecule has 0 aliphatic rings. The molecular formula is C12H23N3O2. The maximum atomic E-state index is 5.44. The van der Waals surface area contributed by atoms with Crippen molar-refractivity contribution in [2.45, 2.75) is 26.3 Å². The topological polar surface area (TPSA) is 62.3 Å². The van der Waals surface area contributed by atoms with Crippen molar-refractivity contribution < 1.29 is 9.47 Å². The van der Waals surface area contributed by atoms with E-state index in [1.807, 2.05) is 6.33 Å². The van der Waals surface area contributed by atoms with Gasteiger partial charge in [0.1, 0.15) is 0 Å². The molecule has 0 bridgehead atoms. The van der Waals surface area contributed by atoms with E-state index in [0.29, 0.717) is 38.9 Å². The lowest BCUT2D eigenvalue weighted by Gasteiger charge is -2.05. The minimum absolute atomic E-state index is 0.474. The van der Waals surface area contributed by atoms with Gasteiger partial charge >= 0.3 is 0 Å². The zero-order chi connectivity index (χ0) is 12.5. The van der Waals surface area contributed by atoms with E-state index in [-0.39, 0.29) is 0 Å². The largest absolute Gasteiger partial charge is 0.378 e. The van der Waals surface area contributed by atoms with Gasteiger partial charge in [0.25, 0.3) is 0 Å². The molecule has 0 amide bonds. The Morgan fingerprint density at radius 3 is 2.53 bits per heavy atom. The predicted octanol–water partition coefficient (Wildman–Crippen LogP) is 0.998. The van der Waals surface area contributed by atoms with Gasteiger partial charge in [-0.1, -0.05) is 13.8 Å². The second kappa shape index (κ2) is 8.22. The molecule has 0 fully saturated rings. The van der Waals surface area contributed by atoms with Gasteiger partial charge in [0.15, 0.2) is 0 Å². The van der Waals surface area contributed by atoms with Crippen molar-refractivity contribution in [3.8, 4) is 0 Å². The summed E-state index contributed by atoms with van der Waals surface area (Å²) in [6, 6.07) is 0. The fourth-order valence-corrected chi connectivity index (χ4v) is 1.37. The summed E-state index contributed by atoms with van der Waals surface area (Å²) in [5, 5.41) is 0. The average Bonchev–Trinajstić information content (AvgIpc) is 2.77. The Balaban J connectivity index is 2.05. The van der Waals surface area contributed by atoms with Crippen LogP contribution in [0.2, 0.25) is 0 Å². The summed E-state index contributed by atoms with van der Waals surface area (Å²) in [5.74, 6) is 0.474. The molecule has 0 saturated carbocycles. The lowest BCUT2D eigenvalue weighted by molar-refractivity contribution is 0.0477. The highest BCUT2D eigenvalue weighted by atomic mass is 16.5. The maximum absolute atomic E-state index is 5.44. The fraction of sp³-hybridized carbons (Fsp3) is 0.750. The molecule has 5 nitrogen and oxygen atoms in total. The Morgan fingerprint density at radius 1 is 1.24 bits per heavy atom. The minimum atomic E-state index is 0.474. The molecule has 2 N–H and O–H groups in total. The first-order chi connectivity index (χ1) is 8.24. The SMILES string of the molecule is CC(C)c1cn(CCOCCOCCN)cn1. The van der Waals surface area contributed by atoms with Gasteiger partial charge < -0.3 is 19.8 Å². The van der Waals surface area contributed by atoms with Crippen LogP contribution in [0, 0.1) is 0 Å². The number of rotatable bonds is 9. The average molecular weight is 241 g/mol. The van der Waals surface area contributed by atoms with E-state index in [0.717, 1.165) is 12.2 Å². The molecule has 0 saturated heterocycles. The van der Waals surface area contributed by atoms with Crippen LogP contribution in [0.1, 0.15) is 25.5 Å². The molecule has 1 aromatic rings. The number of imidazole rings is 1. The third kappa shape index (κ3) is 5.81. The molecule has 0 atom stereocenters. The van der Waals surface area contributed by atoms with Crippen LogP contribution in [0.3, 0.4) is 0 Å². The molecular weight excluding hydrogens is 218 g/mol. The molecule has 1 aromatic heterocycles. The first kappa shape index (κ1) is 14.2. The number of aromatic nitrogens is 2. The van der Waals surface area contributed by atoms with Crippen molar-refractivity contribution in [1.29, 1.82) is 0 Å². The molecule has 0 aromatic carbocycles. The quantitative estimate of drug-likeness (QED) is 0.655. The third-order valence-electron chi connectivity index (χ3n) is 2.37. The van der Waals surface area contributed by atoms with Crippen molar-refractivity contribution in [2.75, 3.05) is 33.0 Å². The van der Waals surface area contributed by atoms with Crippen LogP contribution in [0.15, 0.2) is 12.5 Å². The van der Waals surface area contributed by atoms with Crippen LogP contribution in [0.5, 0.6) is 0 Å². The first-order valence-electron chi connectivity index (χ1n) is 6.11. The summed E-state index contributed by atoms with van der Waals surface area (Å²) in [7, 11) is 0. The molecule has 1 heterocycles. The zero-order valence-electron chi connectivity index (χ0n) is 10.8. The van der Waals surface area contributed by atoms with Gasteiger partial charge in [-0.2, -0.15) is 0 Å². The van der Waals surface area contributed by atoms with Crippen LogP contribution in [-0.4, -0.2) is 42.5 Å². The molecule has 0 radical (unpaired) electrons. The van der Waals surface area contributed by atoms with Crippen LogP contribution in [-0.2, 0) is 16.0 Å². The zero-order valence-corrected chi connectivity index (χ0v) is 10.8. The van der Waals surface area contributed by atoms with E-state index < -0.39 is 0 Å². The van der Waals surface area contributed by atoms with E-state index in [1.54, 1.807) is 0 Å². The van der Waals surface area contributed by atoms with Crippen molar-refractivity contribution in [2.24, 2.45) is 5.73 Å². The highest BCUT2D eigenvalue weighted by Gasteiger charge is 2.02. The van der Waals surface area contributed by atoms with E-state index in [2.05, 4.69) is 29.6 Å². The number of nitrogens with two attached hydrogens (primary N) is 1. The Kier molecular flexibility index (Phi) is 6.84. The molecule has 0 spiro atoms. The van der Waals surface area contributed by atoms with Gasteiger partial charge in [0, 0.05) is 19.3 Å². The minimum Gasteiger partial charge on any atom is -0.378 e. The van der Waals surface area contributed by atoms with Crippen LogP contribution >= 0.6 is 0 Å². The fourth-order valence-electron chi connectivity index (χ4n) is 1.37. The molecule has 17 heavy (non-hydrogen) atoms. The monoisotopic (exact) mass is 241 g/mol. The van der Waals surface area contributed by atoms with E-state index in [4.69, 9.17) is 15.2 Å². The predicted molar refractivity (Wildman–Crippen MR) is 67.0 cm³/mol. The molecule has 5 heteroatoms. The van der Waals surface area contributed by atoms with Crippen molar-refractivity contribution in [3.63, 3.8) is 0 Å². The Bertz CT molecular complexity index is 300. The normalized spacial score (nSPS) is 11.3. The molecule has 1 rings (SSSR count). The standard InChI is InChI=1S/C12H23N3O2/c1-11(2)12-9-15(10-14-12)4-6-17-8-7-16-5-3-13/h9-11H,3-8,13H2,1-2H3. The Hall–Kier alpha value is -0.910. The van der Waals surface area contributed by atoms with Gasteiger partial charge in [-0.15, -0.1) is 0 Å². The molecule has 0 aliphatic heterocycles. The first-order valence-corrected chi connectivity index (χ1v) is 6.11. The van der Waals surface area contributed by atoms with Crippen LogP contribution < -0.4 is 5.73 Å². The second-order valence-corrected chi connectivity index (χ2v) is 4.20. The van der Waals surface area contributed by atoms with Gasteiger partial charge in [-0.25, -0.2) is 4.98 Å².